The zero-order valence-electron chi connectivity index (χ0n) is 11.9. The Morgan fingerprint density at radius 3 is 2.55 bits per heavy atom. The number of nitrogens with two attached hydrogens (primary N) is 1. The van der Waals surface area contributed by atoms with E-state index in [1.165, 1.54) is 0 Å². The maximum atomic E-state index is 12.2. The van der Waals surface area contributed by atoms with Crippen molar-refractivity contribution in [2.45, 2.75) is 26.8 Å². The Morgan fingerprint density at radius 1 is 1.25 bits per heavy atom. The molecule has 1 atom stereocenters. The molecule has 5 nitrogen and oxygen atoms in total. The van der Waals surface area contributed by atoms with Gasteiger partial charge in [0, 0.05) is 5.56 Å². The largest absolute Gasteiger partial charge is 0.464 e. The van der Waals surface area contributed by atoms with E-state index in [1.807, 2.05) is 32.9 Å². The van der Waals surface area contributed by atoms with E-state index < -0.39 is 0 Å². The van der Waals surface area contributed by atoms with Gasteiger partial charge in [0.1, 0.15) is 11.5 Å². The van der Waals surface area contributed by atoms with E-state index in [0.29, 0.717) is 5.56 Å². The summed E-state index contributed by atoms with van der Waals surface area (Å²) >= 11 is 0. The van der Waals surface area contributed by atoms with Gasteiger partial charge in [-0.25, -0.2) is 0 Å². The second kappa shape index (κ2) is 5.79. The van der Waals surface area contributed by atoms with E-state index >= 15 is 0 Å². The molecule has 106 valence electrons. The molecule has 0 saturated carbocycles. The first-order valence-electron chi connectivity index (χ1n) is 6.45. The summed E-state index contributed by atoms with van der Waals surface area (Å²) in [6, 6.07) is 8.88. The summed E-state index contributed by atoms with van der Waals surface area (Å²) in [7, 11) is 0. The monoisotopic (exact) mass is 273 g/mol. The van der Waals surface area contributed by atoms with Crippen molar-refractivity contribution in [2.24, 2.45) is 5.84 Å². The molecular formula is C15H19N3O2. The van der Waals surface area contributed by atoms with Crippen LogP contribution in [0.3, 0.4) is 0 Å². The zero-order chi connectivity index (χ0) is 14.7. The van der Waals surface area contributed by atoms with Gasteiger partial charge in [-0.2, -0.15) is 0 Å². The van der Waals surface area contributed by atoms with Crippen LogP contribution in [0.4, 0.5) is 5.69 Å². The first kappa shape index (κ1) is 14.1. The van der Waals surface area contributed by atoms with Crippen LogP contribution in [0.2, 0.25) is 0 Å². The standard InChI is InChI=1S/C15H19N3O2/c1-9-8-12(5-6-13(9)18-16)15(19)17-11(3)14-7-4-10(2)20-14/h4-8,11,18H,16H2,1-3H3,(H,17,19). The van der Waals surface area contributed by atoms with E-state index in [-0.39, 0.29) is 11.9 Å². The van der Waals surface area contributed by atoms with Crippen LogP contribution in [0.5, 0.6) is 0 Å². The Hall–Kier alpha value is -2.27. The predicted octanol–water partition coefficient (Wildman–Crippen LogP) is 2.67. The molecule has 0 radical (unpaired) electrons. The fourth-order valence-corrected chi connectivity index (χ4v) is 2.00. The molecule has 0 saturated heterocycles. The first-order valence-corrected chi connectivity index (χ1v) is 6.45. The Labute approximate surface area is 118 Å². The molecule has 4 N–H and O–H groups in total. The summed E-state index contributed by atoms with van der Waals surface area (Å²) < 4.78 is 5.50. The van der Waals surface area contributed by atoms with Gasteiger partial charge in [0.2, 0.25) is 0 Å². The lowest BCUT2D eigenvalue weighted by Gasteiger charge is -2.13. The first-order chi connectivity index (χ1) is 9.51. The van der Waals surface area contributed by atoms with E-state index in [2.05, 4.69) is 10.7 Å². The van der Waals surface area contributed by atoms with Gasteiger partial charge in [0.25, 0.3) is 5.91 Å². The maximum Gasteiger partial charge on any atom is 0.251 e. The molecule has 1 aromatic heterocycles. The number of nitrogen functional groups attached to an aromatic ring is 1. The number of hydrogen-bond acceptors (Lipinski definition) is 4. The summed E-state index contributed by atoms with van der Waals surface area (Å²) in [5.74, 6) is 6.80. The molecule has 0 aliphatic rings. The third-order valence-corrected chi connectivity index (χ3v) is 3.18. The fraction of sp³-hybridized carbons (Fsp3) is 0.267. The van der Waals surface area contributed by atoms with E-state index in [4.69, 9.17) is 10.3 Å². The van der Waals surface area contributed by atoms with Crippen molar-refractivity contribution >= 4 is 11.6 Å². The zero-order valence-corrected chi connectivity index (χ0v) is 11.9. The molecule has 2 aromatic rings. The summed E-state index contributed by atoms with van der Waals surface area (Å²) in [5, 5.41) is 2.91. The molecule has 0 aliphatic carbocycles. The summed E-state index contributed by atoms with van der Waals surface area (Å²) in [5.41, 5.74) is 4.90. The lowest BCUT2D eigenvalue weighted by Crippen LogP contribution is -2.26. The highest BCUT2D eigenvalue weighted by Crippen LogP contribution is 2.18. The number of rotatable bonds is 4. The quantitative estimate of drug-likeness (QED) is 0.591. The van der Waals surface area contributed by atoms with Crippen LogP contribution in [0, 0.1) is 13.8 Å². The van der Waals surface area contributed by atoms with Crippen LogP contribution in [-0.4, -0.2) is 5.91 Å². The van der Waals surface area contributed by atoms with Crippen LogP contribution in [0.1, 0.15) is 40.4 Å². The Bertz CT molecular complexity index is 619. The number of anilines is 1. The second-order valence-corrected chi connectivity index (χ2v) is 4.82. The maximum absolute atomic E-state index is 12.2. The van der Waals surface area contributed by atoms with Crippen molar-refractivity contribution < 1.29 is 9.21 Å². The molecule has 1 aromatic carbocycles. The number of amides is 1. The highest BCUT2D eigenvalue weighted by Gasteiger charge is 2.14. The van der Waals surface area contributed by atoms with Gasteiger partial charge in [-0.15, -0.1) is 0 Å². The van der Waals surface area contributed by atoms with Crippen LogP contribution >= 0.6 is 0 Å². The molecule has 5 heteroatoms. The molecule has 0 fully saturated rings. The molecule has 20 heavy (non-hydrogen) atoms. The average molecular weight is 273 g/mol. The third kappa shape index (κ3) is 3.00. The summed E-state index contributed by atoms with van der Waals surface area (Å²) in [6.07, 6.45) is 0. The lowest BCUT2D eigenvalue weighted by molar-refractivity contribution is 0.0935. The van der Waals surface area contributed by atoms with Gasteiger partial charge < -0.3 is 15.2 Å². The van der Waals surface area contributed by atoms with Gasteiger partial charge in [0.05, 0.1) is 11.7 Å². The molecule has 1 unspecified atom stereocenters. The topological polar surface area (TPSA) is 80.3 Å². The van der Waals surface area contributed by atoms with Gasteiger partial charge in [0.15, 0.2) is 0 Å². The van der Waals surface area contributed by atoms with Crippen molar-refractivity contribution in [3.8, 4) is 0 Å². The third-order valence-electron chi connectivity index (χ3n) is 3.18. The van der Waals surface area contributed by atoms with E-state index in [1.54, 1.807) is 18.2 Å². The highest BCUT2D eigenvalue weighted by molar-refractivity contribution is 5.95. The van der Waals surface area contributed by atoms with Gasteiger partial charge in [-0.1, -0.05) is 0 Å². The minimum atomic E-state index is -0.177. The van der Waals surface area contributed by atoms with Crippen LogP contribution in [0.15, 0.2) is 34.7 Å². The number of nitrogens with one attached hydrogen (secondary N) is 2. The highest BCUT2D eigenvalue weighted by atomic mass is 16.3. The molecule has 0 aliphatic heterocycles. The van der Waals surface area contributed by atoms with Crippen molar-refractivity contribution in [3.05, 3.63) is 53.0 Å². The van der Waals surface area contributed by atoms with E-state index in [9.17, 15) is 4.79 Å². The minimum Gasteiger partial charge on any atom is -0.464 e. The normalized spacial score (nSPS) is 12.0. The number of furan rings is 1. The van der Waals surface area contributed by atoms with E-state index in [0.717, 1.165) is 22.8 Å². The number of carbonyl (C=O) groups excluding carboxylic acids is 1. The minimum absolute atomic E-state index is 0.141. The van der Waals surface area contributed by atoms with Crippen LogP contribution in [-0.2, 0) is 0 Å². The molecular weight excluding hydrogens is 254 g/mol. The molecule has 1 heterocycles. The number of carbonyl (C=O) groups is 1. The number of hydrogen-bond donors (Lipinski definition) is 3. The van der Waals surface area contributed by atoms with Crippen molar-refractivity contribution in [2.75, 3.05) is 5.43 Å². The Kier molecular flexibility index (Phi) is 4.10. The number of aryl methyl sites for hydroxylation is 2. The second-order valence-electron chi connectivity index (χ2n) is 4.82. The average Bonchev–Trinajstić information content (AvgIpc) is 2.85. The smallest absolute Gasteiger partial charge is 0.251 e. The fourth-order valence-electron chi connectivity index (χ4n) is 2.00. The van der Waals surface area contributed by atoms with Gasteiger partial charge in [-0.05, 0) is 56.7 Å². The summed E-state index contributed by atoms with van der Waals surface area (Å²) in [4.78, 5) is 12.2. The van der Waals surface area contributed by atoms with Gasteiger partial charge in [-0.3, -0.25) is 10.6 Å². The SMILES string of the molecule is Cc1ccc(C(C)NC(=O)c2ccc(NN)c(C)c2)o1. The lowest BCUT2D eigenvalue weighted by atomic mass is 10.1. The Morgan fingerprint density at radius 2 is 2.00 bits per heavy atom. The predicted molar refractivity (Wildman–Crippen MR) is 78.3 cm³/mol. The van der Waals surface area contributed by atoms with Crippen LogP contribution in [0.25, 0.3) is 0 Å². The van der Waals surface area contributed by atoms with Crippen molar-refractivity contribution in [1.82, 2.24) is 5.32 Å². The van der Waals surface area contributed by atoms with Gasteiger partial charge >= 0.3 is 0 Å². The van der Waals surface area contributed by atoms with Crippen LogP contribution < -0.4 is 16.6 Å². The van der Waals surface area contributed by atoms with Crippen molar-refractivity contribution in [3.63, 3.8) is 0 Å². The molecule has 1 amide bonds. The number of benzene rings is 1. The Balaban J connectivity index is 2.10. The molecule has 0 spiro atoms. The molecule has 2 rings (SSSR count). The van der Waals surface area contributed by atoms with Crippen molar-refractivity contribution in [1.29, 1.82) is 0 Å². The number of hydrazine groups is 1. The molecule has 0 bridgehead atoms. The summed E-state index contributed by atoms with van der Waals surface area (Å²) in [6.45, 7) is 5.66.